The number of aromatic hydroxyl groups is 1. The third-order valence-electron chi connectivity index (χ3n) is 3.22. The molecule has 0 aliphatic carbocycles. The number of halogens is 1. The summed E-state index contributed by atoms with van der Waals surface area (Å²) in [7, 11) is 1.51. The number of hydrogen-bond donors (Lipinski definition) is 3. The lowest BCUT2D eigenvalue weighted by atomic mass is 10.1. The fourth-order valence-corrected chi connectivity index (χ4v) is 2.11. The van der Waals surface area contributed by atoms with Gasteiger partial charge in [-0.05, 0) is 35.4 Å². The quantitative estimate of drug-likeness (QED) is 0.548. The number of ether oxygens (including phenoxy) is 1. The second-order valence-electron chi connectivity index (χ2n) is 4.96. The molecule has 0 fully saturated rings. The molecule has 0 aliphatic heterocycles. The number of phenolic OH excluding ortho intramolecular Hbond substituents is 1. The van der Waals surface area contributed by atoms with E-state index in [1.807, 2.05) is 42.5 Å². The van der Waals surface area contributed by atoms with Crippen LogP contribution in [0.25, 0.3) is 12.2 Å². The first-order valence-corrected chi connectivity index (χ1v) is 7.92. The summed E-state index contributed by atoms with van der Waals surface area (Å²) in [6.07, 6.45) is 3.80. The van der Waals surface area contributed by atoms with E-state index in [4.69, 9.17) is 16.3 Å². The van der Waals surface area contributed by atoms with Crippen LogP contribution in [0.15, 0.2) is 42.5 Å². The molecular weight excluding hydrogens is 328 g/mol. The van der Waals surface area contributed by atoms with Crippen molar-refractivity contribution in [1.29, 1.82) is 0 Å². The number of benzene rings is 2. The van der Waals surface area contributed by atoms with E-state index in [-0.39, 0.29) is 11.8 Å². The molecule has 6 heteroatoms. The van der Waals surface area contributed by atoms with Gasteiger partial charge in [-0.15, -0.1) is 11.6 Å². The standard InChI is InChI=1S/C18H19ClN2O3/c1-24-17-9-6-14(12-16(17)22)3-2-13-4-7-15(8-5-13)21-18(23)20-11-10-19/h2-9,12,22H,10-11H2,1H3,(H2,20,21,23)/b3-2-. The zero-order valence-electron chi connectivity index (χ0n) is 13.3. The van der Waals surface area contributed by atoms with Gasteiger partial charge in [-0.3, -0.25) is 0 Å². The second kappa shape index (κ2) is 8.84. The number of rotatable bonds is 6. The molecule has 2 amide bonds. The van der Waals surface area contributed by atoms with Crippen molar-refractivity contribution >= 4 is 35.5 Å². The van der Waals surface area contributed by atoms with Crippen molar-refractivity contribution < 1.29 is 14.6 Å². The largest absolute Gasteiger partial charge is 0.504 e. The molecule has 0 bridgehead atoms. The van der Waals surface area contributed by atoms with Gasteiger partial charge in [0.25, 0.3) is 0 Å². The fraction of sp³-hybridized carbons (Fsp3) is 0.167. The van der Waals surface area contributed by atoms with Gasteiger partial charge in [-0.1, -0.05) is 30.4 Å². The lowest BCUT2D eigenvalue weighted by Gasteiger charge is -2.06. The van der Waals surface area contributed by atoms with Gasteiger partial charge in [0.1, 0.15) is 0 Å². The fourth-order valence-electron chi connectivity index (χ4n) is 2.02. The first-order chi connectivity index (χ1) is 11.6. The van der Waals surface area contributed by atoms with Gasteiger partial charge in [0.15, 0.2) is 11.5 Å². The molecule has 5 nitrogen and oxygen atoms in total. The van der Waals surface area contributed by atoms with Crippen LogP contribution in [0.2, 0.25) is 0 Å². The molecule has 24 heavy (non-hydrogen) atoms. The van der Waals surface area contributed by atoms with Crippen molar-refractivity contribution in [3.05, 3.63) is 53.6 Å². The third kappa shape index (κ3) is 5.21. The van der Waals surface area contributed by atoms with E-state index in [1.165, 1.54) is 7.11 Å². The average Bonchev–Trinajstić information content (AvgIpc) is 2.59. The van der Waals surface area contributed by atoms with Gasteiger partial charge < -0.3 is 20.5 Å². The average molecular weight is 347 g/mol. The SMILES string of the molecule is COc1ccc(/C=C\c2ccc(NC(=O)NCCCl)cc2)cc1O. The van der Waals surface area contributed by atoms with Crippen LogP contribution in [0.4, 0.5) is 10.5 Å². The lowest BCUT2D eigenvalue weighted by molar-refractivity contribution is 0.252. The number of phenols is 1. The third-order valence-corrected chi connectivity index (χ3v) is 3.41. The van der Waals surface area contributed by atoms with E-state index >= 15 is 0 Å². The number of carbonyl (C=O) groups is 1. The summed E-state index contributed by atoms with van der Waals surface area (Å²) in [4.78, 5) is 11.5. The van der Waals surface area contributed by atoms with E-state index in [0.29, 0.717) is 23.9 Å². The van der Waals surface area contributed by atoms with Crippen molar-refractivity contribution in [3.8, 4) is 11.5 Å². The monoisotopic (exact) mass is 346 g/mol. The molecule has 0 aromatic heterocycles. The Morgan fingerprint density at radius 3 is 2.46 bits per heavy atom. The van der Waals surface area contributed by atoms with Crippen molar-refractivity contribution in [2.75, 3.05) is 24.9 Å². The summed E-state index contributed by atoms with van der Waals surface area (Å²) in [5.41, 5.74) is 2.52. The molecule has 0 saturated heterocycles. The number of hydrogen-bond acceptors (Lipinski definition) is 3. The summed E-state index contributed by atoms with van der Waals surface area (Å²) >= 11 is 5.51. The van der Waals surface area contributed by atoms with Crippen LogP contribution in [-0.4, -0.2) is 30.7 Å². The zero-order valence-corrected chi connectivity index (χ0v) is 14.0. The van der Waals surface area contributed by atoms with Crippen molar-refractivity contribution in [2.45, 2.75) is 0 Å². The Labute approximate surface area is 145 Å². The van der Waals surface area contributed by atoms with Crippen LogP contribution in [0.5, 0.6) is 11.5 Å². The van der Waals surface area contributed by atoms with Crippen LogP contribution < -0.4 is 15.4 Å². The molecule has 0 atom stereocenters. The van der Waals surface area contributed by atoms with Gasteiger partial charge in [-0.25, -0.2) is 4.79 Å². The van der Waals surface area contributed by atoms with E-state index < -0.39 is 0 Å². The number of carbonyl (C=O) groups excluding carboxylic acids is 1. The van der Waals surface area contributed by atoms with Crippen LogP contribution in [-0.2, 0) is 0 Å². The molecule has 0 radical (unpaired) electrons. The minimum atomic E-state index is -0.285. The predicted octanol–water partition coefficient (Wildman–Crippen LogP) is 3.93. The topological polar surface area (TPSA) is 70.6 Å². The van der Waals surface area contributed by atoms with Gasteiger partial charge in [0, 0.05) is 18.1 Å². The van der Waals surface area contributed by atoms with Gasteiger partial charge in [0.05, 0.1) is 7.11 Å². The highest BCUT2D eigenvalue weighted by Gasteiger charge is 2.01. The Bertz CT molecular complexity index is 715. The number of anilines is 1. The summed E-state index contributed by atoms with van der Waals surface area (Å²) in [6.45, 7) is 0.420. The Kier molecular flexibility index (Phi) is 6.51. The molecule has 0 aliphatic rings. The van der Waals surface area contributed by atoms with E-state index in [2.05, 4.69) is 10.6 Å². The van der Waals surface area contributed by atoms with Crippen molar-refractivity contribution in [2.24, 2.45) is 0 Å². The number of methoxy groups -OCH3 is 1. The normalized spacial score (nSPS) is 10.6. The van der Waals surface area contributed by atoms with E-state index in [1.54, 1.807) is 12.1 Å². The van der Waals surface area contributed by atoms with E-state index in [0.717, 1.165) is 11.1 Å². The van der Waals surface area contributed by atoms with Gasteiger partial charge in [0.2, 0.25) is 0 Å². The maximum absolute atomic E-state index is 11.5. The molecule has 2 rings (SSSR count). The summed E-state index contributed by atoms with van der Waals surface area (Å²) < 4.78 is 5.01. The molecule has 0 heterocycles. The zero-order chi connectivity index (χ0) is 17.4. The lowest BCUT2D eigenvalue weighted by Crippen LogP contribution is -2.30. The number of alkyl halides is 1. The Hall–Kier alpha value is -2.66. The van der Waals surface area contributed by atoms with Crippen molar-refractivity contribution in [1.82, 2.24) is 5.32 Å². The van der Waals surface area contributed by atoms with Crippen LogP contribution in [0, 0.1) is 0 Å². The smallest absolute Gasteiger partial charge is 0.319 e. The van der Waals surface area contributed by atoms with Crippen molar-refractivity contribution in [3.63, 3.8) is 0 Å². The first kappa shape index (κ1) is 17.7. The number of nitrogens with one attached hydrogen (secondary N) is 2. The molecule has 126 valence electrons. The summed E-state index contributed by atoms with van der Waals surface area (Å²) in [5, 5.41) is 15.1. The highest BCUT2D eigenvalue weighted by atomic mass is 35.5. The molecular formula is C18H19ClN2O3. The van der Waals surface area contributed by atoms with Crippen LogP contribution in [0.1, 0.15) is 11.1 Å². The summed E-state index contributed by atoms with van der Waals surface area (Å²) in [6, 6.07) is 12.3. The first-order valence-electron chi connectivity index (χ1n) is 7.38. The van der Waals surface area contributed by atoms with Crippen LogP contribution >= 0.6 is 11.6 Å². The highest BCUT2D eigenvalue weighted by molar-refractivity contribution is 6.18. The maximum Gasteiger partial charge on any atom is 0.319 e. The molecule has 2 aromatic carbocycles. The van der Waals surface area contributed by atoms with Gasteiger partial charge >= 0.3 is 6.03 Å². The Balaban J connectivity index is 1.98. The van der Waals surface area contributed by atoms with E-state index in [9.17, 15) is 9.90 Å². The highest BCUT2D eigenvalue weighted by Crippen LogP contribution is 2.27. The minimum Gasteiger partial charge on any atom is -0.504 e. The minimum absolute atomic E-state index is 0.0992. The second-order valence-corrected chi connectivity index (χ2v) is 5.33. The number of urea groups is 1. The molecule has 0 spiro atoms. The molecule has 2 aromatic rings. The molecule has 0 saturated carbocycles. The molecule has 3 N–H and O–H groups in total. The van der Waals surface area contributed by atoms with Crippen LogP contribution in [0.3, 0.4) is 0 Å². The number of amides is 2. The summed E-state index contributed by atoms with van der Waals surface area (Å²) in [5.74, 6) is 0.912. The maximum atomic E-state index is 11.5. The van der Waals surface area contributed by atoms with Gasteiger partial charge in [-0.2, -0.15) is 0 Å². The predicted molar refractivity (Wildman–Crippen MR) is 97.8 cm³/mol. The Morgan fingerprint density at radius 1 is 1.17 bits per heavy atom. The Morgan fingerprint density at radius 2 is 1.83 bits per heavy atom. The molecule has 0 unspecified atom stereocenters.